The number of thiophene rings is 1. The summed E-state index contributed by atoms with van der Waals surface area (Å²) in [6.45, 7) is 0. The number of ether oxygens (including phenoxy) is 2. The standard InChI is InChI=1S/C18H23NO5S/c1-23-17(21)11-8-9-12-13(11)14(18(22)24-2)16(25-12)19-15(20)10-6-4-3-5-7-10/h10-11H,3-9H2,1-2H3,(H,19,20). The van der Waals surface area contributed by atoms with Gasteiger partial charge in [0.05, 0.1) is 25.7 Å². The second kappa shape index (κ2) is 7.56. The molecule has 136 valence electrons. The van der Waals surface area contributed by atoms with E-state index in [0.29, 0.717) is 29.0 Å². The van der Waals surface area contributed by atoms with Gasteiger partial charge in [-0.05, 0) is 31.2 Å². The van der Waals surface area contributed by atoms with Crippen molar-refractivity contribution in [2.24, 2.45) is 5.92 Å². The molecule has 1 atom stereocenters. The Labute approximate surface area is 150 Å². The fourth-order valence-corrected chi connectivity index (χ4v) is 5.08. The summed E-state index contributed by atoms with van der Waals surface area (Å²) in [5, 5.41) is 3.43. The van der Waals surface area contributed by atoms with Crippen LogP contribution in [0.4, 0.5) is 5.00 Å². The van der Waals surface area contributed by atoms with Crippen LogP contribution in [0.5, 0.6) is 0 Å². The summed E-state index contributed by atoms with van der Waals surface area (Å²) in [4.78, 5) is 37.9. The Morgan fingerprint density at radius 3 is 2.40 bits per heavy atom. The molecule has 0 spiro atoms. The van der Waals surface area contributed by atoms with Crippen LogP contribution in [0.15, 0.2) is 0 Å². The van der Waals surface area contributed by atoms with Gasteiger partial charge < -0.3 is 14.8 Å². The fourth-order valence-electron chi connectivity index (χ4n) is 3.81. The van der Waals surface area contributed by atoms with E-state index in [0.717, 1.165) is 30.6 Å². The first-order chi connectivity index (χ1) is 12.1. The Morgan fingerprint density at radius 2 is 1.76 bits per heavy atom. The van der Waals surface area contributed by atoms with Crippen LogP contribution in [0.3, 0.4) is 0 Å². The fraction of sp³-hybridized carbons (Fsp3) is 0.611. The number of hydrogen-bond donors (Lipinski definition) is 1. The number of carbonyl (C=O) groups excluding carboxylic acids is 3. The van der Waals surface area contributed by atoms with Gasteiger partial charge in [0.25, 0.3) is 0 Å². The van der Waals surface area contributed by atoms with Gasteiger partial charge in [-0.3, -0.25) is 9.59 Å². The highest BCUT2D eigenvalue weighted by molar-refractivity contribution is 7.17. The molecule has 1 N–H and O–H groups in total. The zero-order chi connectivity index (χ0) is 18.0. The number of methoxy groups -OCH3 is 2. The maximum atomic E-state index is 12.6. The van der Waals surface area contributed by atoms with Crippen molar-refractivity contribution in [1.82, 2.24) is 0 Å². The molecule has 1 saturated carbocycles. The molecule has 2 aliphatic carbocycles. The highest BCUT2D eigenvalue weighted by Gasteiger charge is 2.38. The van der Waals surface area contributed by atoms with E-state index in [1.54, 1.807) is 0 Å². The lowest BCUT2D eigenvalue weighted by Gasteiger charge is -2.20. The molecule has 0 saturated heterocycles. The van der Waals surface area contributed by atoms with Gasteiger partial charge in [0.2, 0.25) is 5.91 Å². The second-order valence-corrected chi connectivity index (χ2v) is 7.68. The monoisotopic (exact) mass is 365 g/mol. The molecule has 1 aromatic rings. The molecular formula is C18H23NO5S. The third kappa shape index (κ3) is 3.42. The molecule has 3 rings (SSSR count). The van der Waals surface area contributed by atoms with E-state index in [1.165, 1.54) is 32.0 Å². The molecule has 6 nitrogen and oxygen atoms in total. The van der Waals surface area contributed by atoms with Crippen molar-refractivity contribution in [3.05, 3.63) is 16.0 Å². The van der Waals surface area contributed by atoms with Crippen LogP contribution in [-0.4, -0.2) is 32.1 Å². The van der Waals surface area contributed by atoms with E-state index in [9.17, 15) is 14.4 Å². The molecule has 1 aromatic heterocycles. The Bertz CT molecular complexity index is 690. The topological polar surface area (TPSA) is 81.7 Å². The van der Waals surface area contributed by atoms with E-state index in [4.69, 9.17) is 9.47 Å². The first-order valence-corrected chi connectivity index (χ1v) is 9.51. The summed E-state index contributed by atoms with van der Waals surface area (Å²) < 4.78 is 9.78. The largest absolute Gasteiger partial charge is 0.469 e. The maximum Gasteiger partial charge on any atom is 0.341 e. The van der Waals surface area contributed by atoms with Gasteiger partial charge in [0.1, 0.15) is 5.00 Å². The summed E-state index contributed by atoms with van der Waals surface area (Å²) in [7, 11) is 2.65. The summed E-state index contributed by atoms with van der Waals surface area (Å²) in [6.07, 6.45) is 6.38. The number of hydrogen-bond acceptors (Lipinski definition) is 6. The lowest BCUT2D eigenvalue weighted by molar-refractivity contribution is -0.142. The smallest absolute Gasteiger partial charge is 0.341 e. The van der Waals surface area contributed by atoms with Crippen LogP contribution < -0.4 is 5.32 Å². The first-order valence-electron chi connectivity index (χ1n) is 8.69. The molecule has 25 heavy (non-hydrogen) atoms. The highest BCUT2D eigenvalue weighted by atomic mass is 32.1. The van der Waals surface area contributed by atoms with Crippen molar-refractivity contribution >= 4 is 34.2 Å². The molecule has 0 radical (unpaired) electrons. The average molecular weight is 365 g/mol. The van der Waals surface area contributed by atoms with Crippen LogP contribution >= 0.6 is 11.3 Å². The highest BCUT2D eigenvalue weighted by Crippen LogP contribution is 2.46. The molecule has 1 fully saturated rings. The summed E-state index contributed by atoms with van der Waals surface area (Å²) in [5.41, 5.74) is 0.988. The predicted octanol–water partition coefficient (Wildman–Crippen LogP) is 3.26. The quantitative estimate of drug-likeness (QED) is 0.828. The lowest BCUT2D eigenvalue weighted by atomic mass is 9.88. The van der Waals surface area contributed by atoms with Gasteiger partial charge in [0.15, 0.2) is 0 Å². The zero-order valence-corrected chi connectivity index (χ0v) is 15.4. The Balaban J connectivity index is 1.91. The van der Waals surface area contributed by atoms with E-state index in [2.05, 4.69) is 5.32 Å². The van der Waals surface area contributed by atoms with Crippen molar-refractivity contribution in [3.8, 4) is 0 Å². The molecule has 2 aliphatic rings. The molecule has 0 bridgehead atoms. The number of fused-ring (bicyclic) bond motifs is 1. The van der Waals surface area contributed by atoms with E-state index in [-0.39, 0.29) is 17.8 Å². The van der Waals surface area contributed by atoms with Gasteiger partial charge >= 0.3 is 11.9 Å². The number of anilines is 1. The minimum atomic E-state index is -0.521. The van der Waals surface area contributed by atoms with E-state index in [1.807, 2.05) is 0 Å². The van der Waals surface area contributed by atoms with Gasteiger partial charge in [-0.1, -0.05) is 19.3 Å². The Morgan fingerprint density at radius 1 is 1.04 bits per heavy atom. The van der Waals surface area contributed by atoms with Crippen LogP contribution in [0.2, 0.25) is 0 Å². The number of amides is 1. The van der Waals surface area contributed by atoms with Crippen LogP contribution in [0.1, 0.15) is 65.2 Å². The molecule has 0 aromatic carbocycles. The van der Waals surface area contributed by atoms with E-state index < -0.39 is 11.9 Å². The minimum absolute atomic E-state index is 0.00686. The van der Waals surface area contributed by atoms with Gasteiger partial charge in [-0.2, -0.15) is 0 Å². The minimum Gasteiger partial charge on any atom is -0.469 e. The summed E-state index contributed by atoms with van der Waals surface area (Å²) in [6, 6.07) is 0. The van der Waals surface area contributed by atoms with Crippen LogP contribution in [0.25, 0.3) is 0 Å². The number of aryl methyl sites for hydroxylation is 1. The second-order valence-electron chi connectivity index (χ2n) is 6.57. The van der Waals surface area contributed by atoms with Gasteiger partial charge in [-0.15, -0.1) is 11.3 Å². The molecule has 0 aliphatic heterocycles. The zero-order valence-electron chi connectivity index (χ0n) is 14.6. The summed E-state index contributed by atoms with van der Waals surface area (Å²) in [5.74, 6) is -1.39. The number of esters is 2. The SMILES string of the molecule is COC(=O)c1c(NC(=O)C2CCCCC2)sc2c1C(C(=O)OC)CC2. The molecule has 1 unspecified atom stereocenters. The number of nitrogens with one attached hydrogen (secondary N) is 1. The first kappa shape index (κ1) is 17.9. The van der Waals surface area contributed by atoms with Gasteiger partial charge in [-0.25, -0.2) is 4.79 Å². The van der Waals surface area contributed by atoms with Crippen LogP contribution in [-0.2, 0) is 25.5 Å². The molecule has 1 amide bonds. The van der Waals surface area contributed by atoms with Crippen molar-refractivity contribution in [2.75, 3.05) is 19.5 Å². The number of rotatable bonds is 4. The third-order valence-electron chi connectivity index (χ3n) is 5.12. The molecule has 1 heterocycles. The predicted molar refractivity (Wildman–Crippen MR) is 93.9 cm³/mol. The van der Waals surface area contributed by atoms with Crippen molar-refractivity contribution in [2.45, 2.75) is 50.9 Å². The molecule has 7 heteroatoms. The Kier molecular flexibility index (Phi) is 5.42. The third-order valence-corrected chi connectivity index (χ3v) is 6.30. The number of carbonyl (C=O) groups is 3. The average Bonchev–Trinajstić information content (AvgIpc) is 3.19. The maximum absolute atomic E-state index is 12.6. The van der Waals surface area contributed by atoms with E-state index >= 15 is 0 Å². The lowest BCUT2D eigenvalue weighted by Crippen LogP contribution is -2.25. The van der Waals surface area contributed by atoms with Crippen molar-refractivity contribution in [3.63, 3.8) is 0 Å². The van der Waals surface area contributed by atoms with Crippen molar-refractivity contribution < 1.29 is 23.9 Å². The van der Waals surface area contributed by atoms with Crippen LogP contribution in [0, 0.1) is 5.92 Å². The summed E-state index contributed by atoms with van der Waals surface area (Å²) >= 11 is 1.38. The normalized spacial score (nSPS) is 20.0. The Hall–Kier alpha value is -1.89. The van der Waals surface area contributed by atoms with Crippen molar-refractivity contribution in [1.29, 1.82) is 0 Å². The van der Waals surface area contributed by atoms with Gasteiger partial charge in [0, 0.05) is 10.8 Å². The molecular weight excluding hydrogens is 342 g/mol.